The lowest BCUT2D eigenvalue weighted by molar-refractivity contribution is -0.354. The van der Waals surface area contributed by atoms with E-state index in [4.69, 9.17) is 27.8 Å². The molecule has 1 aromatic rings. The lowest BCUT2D eigenvalue weighted by Gasteiger charge is -2.62. The van der Waals surface area contributed by atoms with E-state index < -0.39 is 33.9 Å². The maximum atomic E-state index is 11.6. The first-order valence-corrected chi connectivity index (χ1v) is 25.2. The van der Waals surface area contributed by atoms with Gasteiger partial charge in [-0.25, -0.2) is 0 Å². The van der Waals surface area contributed by atoms with E-state index in [2.05, 4.69) is 121 Å². The van der Waals surface area contributed by atoms with Crippen LogP contribution >= 0.6 is 0 Å². The third-order valence-electron chi connectivity index (χ3n) is 13.5. The number of hydrogen-bond acceptors (Lipinski definition) is 7. The SMILES string of the molecule is CC(C)[Si](OCC[C@H]1O[C@H]2C[C@H]3O[C@@H](CCCOCc4ccccc4)C[C@H](O[Si](C(C)C)(C(C)C)C(C)C)[C@]3(C)O[C@]2(C)C[C@@H]1O)(C(C)C)C(C)C. The smallest absolute Gasteiger partial charge is 0.200 e. The van der Waals surface area contributed by atoms with Crippen molar-refractivity contribution in [2.75, 3.05) is 13.2 Å². The Bertz CT molecular complexity index is 1180. The number of aliphatic hydroxyl groups excluding tert-OH is 1. The number of ether oxygens (including phenoxy) is 4. The molecule has 300 valence electrons. The minimum absolute atomic E-state index is 0.0501. The third-order valence-corrected chi connectivity index (χ3v) is 25.7. The summed E-state index contributed by atoms with van der Waals surface area (Å²) < 4.78 is 41.9. The fourth-order valence-electron chi connectivity index (χ4n) is 11.1. The van der Waals surface area contributed by atoms with E-state index in [1.807, 2.05) is 6.07 Å². The second-order valence-electron chi connectivity index (χ2n) is 18.8. The van der Waals surface area contributed by atoms with Crippen LogP contribution in [0.3, 0.4) is 0 Å². The van der Waals surface area contributed by atoms with E-state index in [1.165, 1.54) is 5.56 Å². The Morgan fingerprint density at radius 3 is 1.87 bits per heavy atom. The van der Waals surface area contributed by atoms with Gasteiger partial charge in [0.15, 0.2) is 8.32 Å². The molecule has 0 unspecified atom stereocenters. The zero-order valence-corrected chi connectivity index (χ0v) is 37.6. The van der Waals surface area contributed by atoms with E-state index in [0.717, 1.165) is 25.7 Å². The molecule has 7 nitrogen and oxygen atoms in total. The van der Waals surface area contributed by atoms with Gasteiger partial charge in [-0.2, -0.15) is 0 Å². The molecule has 0 aliphatic carbocycles. The molecule has 8 atom stereocenters. The Hall–Kier alpha value is -0.626. The fraction of sp³-hybridized carbons (Fsp3) is 0.860. The average molecular weight is 763 g/mol. The van der Waals surface area contributed by atoms with Crippen LogP contribution < -0.4 is 0 Å². The summed E-state index contributed by atoms with van der Waals surface area (Å²) in [4.78, 5) is 0. The van der Waals surface area contributed by atoms with Crippen LogP contribution in [0.1, 0.15) is 141 Å². The Morgan fingerprint density at radius 2 is 1.31 bits per heavy atom. The van der Waals surface area contributed by atoms with Crippen LogP contribution in [0.15, 0.2) is 30.3 Å². The Morgan fingerprint density at radius 1 is 0.731 bits per heavy atom. The highest BCUT2D eigenvalue weighted by Gasteiger charge is 2.63. The van der Waals surface area contributed by atoms with E-state index in [1.54, 1.807) is 0 Å². The summed E-state index contributed by atoms with van der Waals surface area (Å²) in [6, 6.07) is 10.4. The summed E-state index contributed by atoms with van der Waals surface area (Å²) in [5.74, 6) is 0. The second kappa shape index (κ2) is 18.1. The van der Waals surface area contributed by atoms with Crippen molar-refractivity contribution in [3.05, 3.63) is 35.9 Å². The number of benzene rings is 1. The van der Waals surface area contributed by atoms with E-state index in [9.17, 15) is 5.11 Å². The molecule has 0 saturated carbocycles. The van der Waals surface area contributed by atoms with E-state index in [0.29, 0.717) is 65.9 Å². The highest BCUT2D eigenvalue weighted by molar-refractivity contribution is 6.78. The Labute approximate surface area is 320 Å². The Balaban J connectivity index is 1.52. The predicted octanol–water partition coefficient (Wildman–Crippen LogP) is 10.7. The average Bonchev–Trinajstić information content (AvgIpc) is 3.04. The van der Waals surface area contributed by atoms with Crippen molar-refractivity contribution in [1.82, 2.24) is 0 Å². The molecule has 3 saturated heterocycles. The van der Waals surface area contributed by atoms with Gasteiger partial charge in [0.2, 0.25) is 8.32 Å². The predicted molar refractivity (Wildman–Crippen MR) is 218 cm³/mol. The molecule has 3 aliphatic heterocycles. The first-order valence-electron chi connectivity index (χ1n) is 21.0. The maximum absolute atomic E-state index is 11.6. The van der Waals surface area contributed by atoms with Gasteiger partial charge in [0.1, 0.15) is 5.60 Å². The molecular weight excluding hydrogens is 685 g/mol. The molecule has 4 rings (SSSR count). The molecule has 0 radical (unpaired) electrons. The zero-order valence-electron chi connectivity index (χ0n) is 35.6. The van der Waals surface area contributed by atoms with Crippen molar-refractivity contribution in [3.63, 3.8) is 0 Å². The second-order valence-corrected chi connectivity index (χ2v) is 29.7. The maximum Gasteiger partial charge on any atom is 0.200 e. The highest BCUT2D eigenvalue weighted by atomic mass is 28.4. The van der Waals surface area contributed by atoms with Crippen LogP contribution in [0.4, 0.5) is 0 Å². The van der Waals surface area contributed by atoms with Gasteiger partial charge in [0.25, 0.3) is 0 Å². The molecular formula is C43H78O7Si2. The molecule has 0 amide bonds. The van der Waals surface area contributed by atoms with Crippen molar-refractivity contribution in [2.45, 2.75) is 223 Å². The monoisotopic (exact) mass is 763 g/mol. The fourth-order valence-corrected chi connectivity index (χ4v) is 22.2. The van der Waals surface area contributed by atoms with E-state index in [-0.39, 0.29) is 30.5 Å². The van der Waals surface area contributed by atoms with Crippen LogP contribution in [-0.2, 0) is 34.4 Å². The molecule has 9 heteroatoms. The molecule has 3 fully saturated rings. The van der Waals surface area contributed by atoms with Crippen molar-refractivity contribution in [2.24, 2.45) is 0 Å². The molecule has 3 heterocycles. The van der Waals surface area contributed by atoms with Gasteiger partial charge in [-0.05, 0) is 71.9 Å². The van der Waals surface area contributed by atoms with Crippen LogP contribution in [0.2, 0.25) is 33.2 Å². The summed E-state index contributed by atoms with van der Waals surface area (Å²) in [5, 5.41) is 11.6. The van der Waals surface area contributed by atoms with Gasteiger partial charge >= 0.3 is 0 Å². The highest BCUT2D eigenvalue weighted by Crippen LogP contribution is 2.53. The first-order chi connectivity index (χ1) is 24.3. The number of aliphatic hydroxyl groups is 1. The van der Waals surface area contributed by atoms with Gasteiger partial charge in [-0.3, -0.25) is 0 Å². The van der Waals surface area contributed by atoms with E-state index >= 15 is 0 Å². The van der Waals surface area contributed by atoms with Crippen molar-refractivity contribution >= 4 is 16.6 Å². The molecule has 0 spiro atoms. The zero-order chi connectivity index (χ0) is 38.6. The van der Waals surface area contributed by atoms with Crippen molar-refractivity contribution in [1.29, 1.82) is 0 Å². The molecule has 52 heavy (non-hydrogen) atoms. The third kappa shape index (κ3) is 9.15. The van der Waals surface area contributed by atoms with Crippen LogP contribution in [0, 0.1) is 0 Å². The molecule has 1 aromatic carbocycles. The van der Waals surface area contributed by atoms with Crippen LogP contribution in [0.5, 0.6) is 0 Å². The van der Waals surface area contributed by atoms with Gasteiger partial charge in [0.05, 0.1) is 48.8 Å². The lowest BCUT2D eigenvalue weighted by atomic mass is 9.73. The summed E-state index contributed by atoms with van der Waals surface area (Å²) in [6.45, 7) is 34.4. The summed E-state index contributed by atoms with van der Waals surface area (Å²) in [7, 11) is -4.26. The topological polar surface area (TPSA) is 75.6 Å². The lowest BCUT2D eigenvalue weighted by Crippen LogP contribution is -2.73. The van der Waals surface area contributed by atoms with Gasteiger partial charge in [0, 0.05) is 32.5 Å². The quantitative estimate of drug-likeness (QED) is 0.118. The minimum atomic E-state index is -2.25. The van der Waals surface area contributed by atoms with Gasteiger partial charge < -0.3 is 32.9 Å². The van der Waals surface area contributed by atoms with Gasteiger partial charge in [-0.15, -0.1) is 0 Å². The first kappa shape index (κ1) is 44.1. The minimum Gasteiger partial charge on any atom is -0.416 e. The van der Waals surface area contributed by atoms with Crippen molar-refractivity contribution in [3.8, 4) is 0 Å². The normalized spacial score (nSPS) is 31.6. The Kier molecular flexibility index (Phi) is 15.3. The number of rotatable bonds is 18. The molecule has 1 N–H and O–H groups in total. The molecule has 0 aromatic heterocycles. The van der Waals surface area contributed by atoms with Crippen LogP contribution in [-0.4, -0.2) is 82.8 Å². The summed E-state index contributed by atoms with van der Waals surface area (Å²) in [6.07, 6.45) is 3.24. The van der Waals surface area contributed by atoms with Gasteiger partial charge in [-0.1, -0.05) is 113 Å². The van der Waals surface area contributed by atoms with Crippen molar-refractivity contribution < 1.29 is 32.9 Å². The number of fused-ring (bicyclic) bond motifs is 2. The standard InChI is InChI=1S/C43H78O7Si2/c1-29(2)51(30(3)4,31(5)6)46-24-22-38-37(44)27-42(13)39(48-38)26-40-43(14,50-42)41(49-52(32(7)8,33(9)10)34(11)12)25-36(47-40)21-18-23-45-28-35-19-16-15-17-20-35/h15-17,19-20,29-34,36-41,44H,18,21-28H2,1-14H3/t36-,37-,38+,39-,40+,41-,42+,43+/m0/s1. The van der Waals surface area contributed by atoms with Crippen LogP contribution in [0.25, 0.3) is 0 Å². The largest absolute Gasteiger partial charge is 0.416 e. The number of hydrogen-bond donors (Lipinski definition) is 1. The molecule has 0 bridgehead atoms. The summed E-state index contributed by atoms with van der Waals surface area (Å²) in [5.41, 5.74) is 2.83. The molecule has 3 aliphatic rings. The summed E-state index contributed by atoms with van der Waals surface area (Å²) >= 11 is 0.